The van der Waals surface area contributed by atoms with Gasteiger partial charge in [0.1, 0.15) is 5.82 Å². The number of rotatable bonds is 4. The maximum absolute atomic E-state index is 14.2. The SMILES string of the molecule is Cc1c(CC(=O)N2CC[C@H](N)C2)c2c(n1Cc1ccccc1F)CCCC2=O. The molecule has 1 amide bonds. The Bertz CT molecular complexity index is 934. The summed E-state index contributed by atoms with van der Waals surface area (Å²) >= 11 is 0. The Balaban J connectivity index is 1.70. The molecule has 1 aliphatic heterocycles. The average molecular weight is 383 g/mol. The van der Waals surface area contributed by atoms with Gasteiger partial charge in [0, 0.05) is 48.1 Å². The minimum atomic E-state index is -0.254. The lowest BCUT2D eigenvalue weighted by atomic mass is 9.92. The normalized spacial score (nSPS) is 19.2. The highest BCUT2D eigenvalue weighted by Crippen LogP contribution is 2.32. The van der Waals surface area contributed by atoms with Crippen molar-refractivity contribution in [3.05, 3.63) is 58.2 Å². The number of likely N-dealkylation sites (tertiary alicyclic amines) is 1. The van der Waals surface area contributed by atoms with E-state index in [1.165, 1.54) is 6.07 Å². The fourth-order valence-corrected chi connectivity index (χ4v) is 4.49. The molecule has 1 fully saturated rings. The molecule has 2 aliphatic rings. The van der Waals surface area contributed by atoms with Gasteiger partial charge in [0.2, 0.25) is 5.91 Å². The molecule has 1 saturated heterocycles. The summed E-state index contributed by atoms with van der Waals surface area (Å²) in [5.41, 5.74) is 9.85. The predicted molar refractivity (Wildman–Crippen MR) is 105 cm³/mol. The largest absolute Gasteiger partial charge is 0.343 e. The zero-order valence-corrected chi connectivity index (χ0v) is 16.2. The Morgan fingerprint density at radius 1 is 1.29 bits per heavy atom. The third-order valence-corrected chi connectivity index (χ3v) is 6.05. The molecule has 1 aromatic heterocycles. The van der Waals surface area contributed by atoms with Gasteiger partial charge in [0.05, 0.1) is 13.0 Å². The molecule has 4 rings (SSSR count). The van der Waals surface area contributed by atoms with Crippen LogP contribution in [0.4, 0.5) is 4.39 Å². The van der Waals surface area contributed by atoms with Gasteiger partial charge >= 0.3 is 0 Å². The highest BCUT2D eigenvalue weighted by molar-refractivity contribution is 6.01. The fraction of sp³-hybridized carbons (Fsp3) is 0.455. The van der Waals surface area contributed by atoms with Gasteiger partial charge in [-0.05, 0) is 37.8 Å². The number of ketones is 1. The van der Waals surface area contributed by atoms with Crippen molar-refractivity contribution in [1.29, 1.82) is 0 Å². The van der Waals surface area contributed by atoms with E-state index in [1.54, 1.807) is 17.0 Å². The molecule has 1 aliphatic carbocycles. The smallest absolute Gasteiger partial charge is 0.227 e. The number of hydrogen-bond acceptors (Lipinski definition) is 3. The lowest BCUT2D eigenvalue weighted by Gasteiger charge is -2.17. The molecule has 5 nitrogen and oxygen atoms in total. The van der Waals surface area contributed by atoms with E-state index in [-0.39, 0.29) is 30.0 Å². The van der Waals surface area contributed by atoms with Crippen LogP contribution in [0.15, 0.2) is 24.3 Å². The van der Waals surface area contributed by atoms with Gasteiger partial charge in [-0.2, -0.15) is 0 Å². The lowest BCUT2D eigenvalue weighted by molar-refractivity contribution is -0.129. The van der Waals surface area contributed by atoms with Crippen LogP contribution in [0.1, 0.15) is 52.1 Å². The first-order valence-electron chi connectivity index (χ1n) is 9.96. The van der Waals surface area contributed by atoms with E-state index >= 15 is 0 Å². The summed E-state index contributed by atoms with van der Waals surface area (Å²) in [7, 11) is 0. The maximum Gasteiger partial charge on any atom is 0.227 e. The number of fused-ring (bicyclic) bond motifs is 1. The Hall–Kier alpha value is -2.47. The van der Waals surface area contributed by atoms with Gasteiger partial charge < -0.3 is 15.2 Å². The van der Waals surface area contributed by atoms with Crippen LogP contribution in [0.2, 0.25) is 0 Å². The number of carbonyl (C=O) groups excluding carboxylic acids is 2. The molecule has 1 atom stereocenters. The molecule has 6 heteroatoms. The molecular weight excluding hydrogens is 357 g/mol. The van der Waals surface area contributed by atoms with Crippen LogP contribution < -0.4 is 5.73 Å². The number of nitrogens with two attached hydrogens (primary N) is 1. The highest BCUT2D eigenvalue weighted by Gasteiger charge is 2.31. The maximum atomic E-state index is 14.2. The van der Waals surface area contributed by atoms with Crippen molar-refractivity contribution in [2.24, 2.45) is 5.73 Å². The van der Waals surface area contributed by atoms with Crippen LogP contribution in [0.5, 0.6) is 0 Å². The van der Waals surface area contributed by atoms with Crippen LogP contribution >= 0.6 is 0 Å². The Kier molecular flexibility index (Phi) is 5.06. The van der Waals surface area contributed by atoms with Crippen molar-refractivity contribution < 1.29 is 14.0 Å². The van der Waals surface area contributed by atoms with Gasteiger partial charge in [0.15, 0.2) is 5.78 Å². The first-order chi connectivity index (χ1) is 13.5. The van der Waals surface area contributed by atoms with E-state index in [0.717, 1.165) is 36.2 Å². The average Bonchev–Trinajstić information content (AvgIpc) is 3.21. The number of amides is 1. The van der Waals surface area contributed by atoms with Crippen molar-refractivity contribution in [3.63, 3.8) is 0 Å². The number of carbonyl (C=O) groups is 2. The first kappa shape index (κ1) is 18.9. The second-order valence-corrected chi connectivity index (χ2v) is 7.91. The zero-order chi connectivity index (χ0) is 19.8. The van der Waals surface area contributed by atoms with Crippen LogP contribution in [0.25, 0.3) is 0 Å². The highest BCUT2D eigenvalue weighted by atomic mass is 19.1. The minimum Gasteiger partial charge on any atom is -0.343 e. The number of nitrogens with zero attached hydrogens (tertiary/aromatic N) is 2. The molecule has 0 spiro atoms. The second kappa shape index (κ2) is 7.51. The van der Waals surface area contributed by atoms with Crippen molar-refractivity contribution >= 4 is 11.7 Å². The predicted octanol–water partition coefficient (Wildman–Crippen LogP) is 2.61. The summed E-state index contributed by atoms with van der Waals surface area (Å²) in [6, 6.07) is 6.74. The van der Waals surface area contributed by atoms with E-state index in [9.17, 15) is 14.0 Å². The lowest BCUT2D eigenvalue weighted by Crippen LogP contribution is -2.33. The van der Waals surface area contributed by atoms with E-state index in [1.807, 2.05) is 17.6 Å². The van der Waals surface area contributed by atoms with Crippen LogP contribution in [-0.2, 0) is 24.2 Å². The third kappa shape index (κ3) is 3.37. The summed E-state index contributed by atoms with van der Waals surface area (Å²) in [5.74, 6) is -0.145. The molecule has 28 heavy (non-hydrogen) atoms. The van der Waals surface area contributed by atoms with E-state index in [0.29, 0.717) is 37.2 Å². The second-order valence-electron chi connectivity index (χ2n) is 7.91. The van der Waals surface area contributed by atoms with Crippen LogP contribution in [0, 0.1) is 12.7 Å². The molecule has 2 heterocycles. The molecule has 2 aromatic rings. The Labute approximate surface area is 164 Å². The molecule has 0 saturated carbocycles. The monoisotopic (exact) mass is 383 g/mol. The van der Waals surface area contributed by atoms with Crippen molar-refractivity contribution in [1.82, 2.24) is 9.47 Å². The molecule has 1 aromatic carbocycles. The van der Waals surface area contributed by atoms with Crippen molar-refractivity contribution in [2.75, 3.05) is 13.1 Å². The summed E-state index contributed by atoms with van der Waals surface area (Å²) in [6.45, 7) is 3.55. The summed E-state index contributed by atoms with van der Waals surface area (Å²) < 4.78 is 16.3. The molecular formula is C22H26FN3O2. The third-order valence-electron chi connectivity index (χ3n) is 6.05. The van der Waals surface area contributed by atoms with Gasteiger partial charge in [-0.1, -0.05) is 18.2 Å². The van der Waals surface area contributed by atoms with E-state index in [4.69, 9.17) is 5.73 Å². The quantitative estimate of drug-likeness (QED) is 0.882. The van der Waals surface area contributed by atoms with Crippen LogP contribution in [-0.4, -0.2) is 40.3 Å². The van der Waals surface area contributed by atoms with Crippen molar-refractivity contribution in [3.8, 4) is 0 Å². The minimum absolute atomic E-state index is 0.0141. The molecule has 0 unspecified atom stereocenters. The number of Topliss-reactive ketones (excluding diaryl/α,β-unsaturated/α-hetero) is 1. The molecule has 148 valence electrons. The Morgan fingerprint density at radius 2 is 2.07 bits per heavy atom. The Morgan fingerprint density at radius 3 is 2.79 bits per heavy atom. The number of halogens is 1. The van der Waals surface area contributed by atoms with E-state index < -0.39 is 0 Å². The number of hydrogen-bond donors (Lipinski definition) is 1. The van der Waals surface area contributed by atoms with Gasteiger partial charge in [-0.15, -0.1) is 0 Å². The molecule has 0 radical (unpaired) electrons. The van der Waals surface area contributed by atoms with Gasteiger partial charge in [-0.3, -0.25) is 9.59 Å². The topological polar surface area (TPSA) is 68.3 Å². The van der Waals surface area contributed by atoms with Crippen molar-refractivity contribution in [2.45, 2.75) is 51.6 Å². The summed E-state index contributed by atoms with van der Waals surface area (Å²) in [5, 5.41) is 0. The molecule has 2 N–H and O–H groups in total. The number of aromatic nitrogens is 1. The van der Waals surface area contributed by atoms with Gasteiger partial charge in [0.25, 0.3) is 0 Å². The fourth-order valence-electron chi connectivity index (χ4n) is 4.49. The van der Waals surface area contributed by atoms with Crippen LogP contribution in [0.3, 0.4) is 0 Å². The summed E-state index contributed by atoms with van der Waals surface area (Å²) in [6.07, 6.45) is 3.10. The zero-order valence-electron chi connectivity index (χ0n) is 16.2. The number of benzene rings is 1. The first-order valence-corrected chi connectivity index (χ1v) is 9.96. The summed E-state index contributed by atoms with van der Waals surface area (Å²) in [4.78, 5) is 27.3. The van der Waals surface area contributed by atoms with E-state index in [2.05, 4.69) is 0 Å². The van der Waals surface area contributed by atoms with Gasteiger partial charge in [-0.25, -0.2) is 4.39 Å². The standard InChI is InChI=1S/C22H26FN3O2/c1-14-17(11-21(28)25-10-9-16(24)13-25)22-19(7-4-8-20(22)27)26(14)12-15-5-2-3-6-18(15)23/h2-3,5-6,16H,4,7-13,24H2,1H3/t16-/m0/s1. The molecule has 0 bridgehead atoms.